The molecule has 2 aromatic carbocycles. The summed E-state index contributed by atoms with van der Waals surface area (Å²) in [4.78, 5) is 13.1. The van der Waals surface area contributed by atoms with E-state index in [-0.39, 0.29) is 12.6 Å². The number of benzene rings is 2. The number of carboxylic acid groups (broad SMARTS) is 1. The zero-order valence-electron chi connectivity index (χ0n) is 13.3. The number of hydrogen-bond donors (Lipinski definition) is 1. The van der Waals surface area contributed by atoms with Crippen molar-refractivity contribution in [2.24, 2.45) is 0 Å². The average molecular weight is 346 g/mol. The molecule has 4 nitrogen and oxygen atoms in total. The summed E-state index contributed by atoms with van der Waals surface area (Å²) in [7, 11) is 0. The molecule has 3 rings (SSSR count). The van der Waals surface area contributed by atoms with Gasteiger partial charge in [-0.15, -0.1) is 0 Å². The summed E-state index contributed by atoms with van der Waals surface area (Å²) in [6, 6.07) is 18.2. The first-order valence-electron chi connectivity index (χ1n) is 8.01. The predicted octanol–water partition coefficient (Wildman–Crippen LogP) is 4.39. The van der Waals surface area contributed by atoms with Gasteiger partial charge in [0, 0.05) is 24.2 Å². The lowest BCUT2D eigenvalue weighted by Gasteiger charge is -2.23. The molecule has 126 valence electrons. The number of ether oxygens (including phenoxy) is 1. The average Bonchev–Trinajstić information content (AvgIpc) is 2.97. The summed E-state index contributed by atoms with van der Waals surface area (Å²) in [6.45, 7) is 1.87. The molecule has 5 heteroatoms. The van der Waals surface area contributed by atoms with Crippen LogP contribution in [0.5, 0.6) is 0 Å². The van der Waals surface area contributed by atoms with E-state index in [1.165, 1.54) is 11.1 Å². The summed E-state index contributed by atoms with van der Waals surface area (Å²) in [5.74, 6) is 0.355. The smallest absolute Gasteiger partial charge is 0.450 e. The Bertz CT molecular complexity index is 675. The second-order valence-corrected chi connectivity index (χ2v) is 6.57. The minimum atomic E-state index is -1.22. The SMILES string of the molecule is O=C(O)OCC1CC(c2ccc(Cl)cc2)CN1Cc1ccccc1. The molecule has 1 fully saturated rings. The standard InChI is InChI=1S/C19H20ClNO3/c20-17-8-6-15(7-9-17)16-10-18(13-24-19(22)23)21(12-16)11-14-4-2-1-3-5-14/h1-9,16,18H,10-13H2,(H,22,23). The van der Waals surface area contributed by atoms with E-state index in [9.17, 15) is 4.79 Å². The van der Waals surface area contributed by atoms with Crippen LogP contribution in [0.3, 0.4) is 0 Å². The van der Waals surface area contributed by atoms with Crippen LogP contribution in [0, 0.1) is 0 Å². The molecule has 0 aliphatic carbocycles. The van der Waals surface area contributed by atoms with Crippen LogP contribution in [0.1, 0.15) is 23.5 Å². The van der Waals surface area contributed by atoms with Crippen LogP contribution in [0.15, 0.2) is 54.6 Å². The van der Waals surface area contributed by atoms with Crippen LogP contribution in [-0.2, 0) is 11.3 Å². The Morgan fingerprint density at radius 3 is 2.54 bits per heavy atom. The molecule has 0 amide bonds. The van der Waals surface area contributed by atoms with Crippen LogP contribution in [0.25, 0.3) is 0 Å². The quantitative estimate of drug-likeness (QED) is 0.816. The number of likely N-dealkylation sites (tertiary alicyclic amines) is 1. The number of hydrogen-bond acceptors (Lipinski definition) is 3. The van der Waals surface area contributed by atoms with Gasteiger partial charge in [0.05, 0.1) is 0 Å². The molecular weight excluding hydrogens is 326 g/mol. The van der Waals surface area contributed by atoms with Gasteiger partial charge in [0.25, 0.3) is 0 Å². The van der Waals surface area contributed by atoms with Crippen LogP contribution in [0.2, 0.25) is 5.02 Å². The van der Waals surface area contributed by atoms with E-state index < -0.39 is 6.16 Å². The lowest BCUT2D eigenvalue weighted by atomic mass is 9.97. The van der Waals surface area contributed by atoms with Gasteiger partial charge in [0.15, 0.2) is 0 Å². The van der Waals surface area contributed by atoms with Crippen LogP contribution in [0.4, 0.5) is 4.79 Å². The van der Waals surface area contributed by atoms with E-state index >= 15 is 0 Å². The van der Waals surface area contributed by atoms with E-state index in [1.54, 1.807) is 0 Å². The van der Waals surface area contributed by atoms with E-state index in [0.29, 0.717) is 5.92 Å². The number of halogens is 1. The molecule has 1 aliphatic heterocycles. The van der Waals surface area contributed by atoms with E-state index in [2.05, 4.69) is 17.0 Å². The zero-order valence-corrected chi connectivity index (χ0v) is 14.0. The summed E-state index contributed by atoms with van der Waals surface area (Å²) in [5, 5.41) is 9.53. The fraction of sp³-hybridized carbons (Fsp3) is 0.316. The lowest BCUT2D eigenvalue weighted by Crippen LogP contribution is -2.33. The molecule has 2 atom stereocenters. The van der Waals surface area contributed by atoms with Gasteiger partial charge in [-0.1, -0.05) is 54.1 Å². The maximum Gasteiger partial charge on any atom is 0.505 e. The van der Waals surface area contributed by atoms with E-state index in [4.69, 9.17) is 21.4 Å². The zero-order chi connectivity index (χ0) is 16.9. The molecule has 2 aromatic rings. The molecule has 0 aromatic heterocycles. The molecule has 1 heterocycles. The minimum absolute atomic E-state index is 0.0852. The molecule has 24 heavy (non-hydrogen) atoms. The first-order chi connectivity index (χ1) is 11.6. The molecule has 1 saturated heterocycles. The molecule has 1 N–H and O–H groups in total. The second-order valence-electron chi connectivity index (χ2n) is 6.13. The highest BCUT2D eigenvalue weighted by atomic mass is 35.5. The van der Waals surface area contributed by atoms with Gasteiger partial charge in [-0.3, -0.25) is 4.90 Å². The first kappa shape index (κ1) is 16.8. The maximum atomic E-state index is 10.8. The molecule has 2 unspecified atom stereocenters. The highest BCUT2D eigenvalue weighted by Crippen LogP contribution is 2.33. The summed E-state index contributed by atoms with van der Waals surface area (Å²) in [6.07, 6.45) is -0.341. The third-order valence-corrected chi connectivity index (χ3v) is 4.75. The first-order valence-corrected chi connectivity index (χ1v) is 8.39. The van der Waals surface area contributed by atoms with Gasteiger partial charge in [0.1, 0.15) is 6.61 Å². The van der Waals surface area contributed by atoms with Crippen molar-refractivity contribution >= 4 is 17.8 Å². The third-order valence-electron chi connectivity index (χ3n) is 4.50. The third kappa shape index (κ3) is 4.28. The van der Waals surface area contributed by atoms with Crippen LogP contribution < -0.4 is 0 Å². The number of rotatable bonds is 5. The fourth-order valence-electron chi connectivity index (χ4n) is 3.31. The van der Waals surface area contributed by atoms with Crippen molar-refractivity contribution in [2.75, 3.05) is 13.2 Å². The Balaban J connectivity index is 1.73. The molecule has 1 aliphatic rings. The number of carbonyl (C=O) groups is 1. The van der Waals surface area contributed by atoms with Gasteiger partial charge in [-0.05, 0) is 35.6 Å². The monoisotopic (exact) mass is 345 g/mol. The van der Waals surface area contributed by atoms with Crippen molar-refractivity contribution in [1.82, 2.24) is 4.90 Å². The molecule has 0 spiro atoms. The van der Waals surface area contributed by atoms with Crippen LogP contribution in [-0.4, -0.2) is 35.4 Å². The highest BCUT2D eigenvalue weighted by molar-refractivity contribution is 6.30. The Kier molecular flexibility index (Phi) is 5.38. The summed E-state index contributed by atoms with van der Waals surface area (Å²) in [5.41, 5.74) is 2.45. The maximum absolute atomic E-state index is 10.8. The molecular formula is C19H20ClNO3. The molecule has 0 saturated carbocycles. The van der Waals surface area contributed by atoms with Crippen molar-refractivity contribution in [3.8, 4) is 0 Å². The second kappa shape index (κ2) is 7.69. The number of nitrogens with zero attached hydrogens (tertiary/aromatic N) is 1. The van der Waals surface area contributed by atoms with Crippen LogP contribution >= 0.6 is 11.6 Å². The predicted molar refractivity (Wildman–Crippen MR) is 93.4 cm³/mol. The minimum Gasteiger partial charge on any atom is -0.450 e. The Morgan fingerprint density at radius 1 is 1.17 bits per heavy atom. The topological polar surface area (TPSA) is 49.8 Å². The lowest BCUT2D eigenvalue weighted by molar-refractivity contribution is 0.0649. The van der Waals surface area contributed by atoms with Gasteiger partial charge in [-0.25, -0.2) is 4.79 Å². The van der Waals surface area contributed by atoms with Gasteiger partial charge in [0.2, 0.25) is 0 Å². The van der Waals surface area contributed by atoms with Gasteiger partial charge >= 0.3 is 6.16 Å². The Labute approximate surface area is 146 Å². The normalized spacial score (nSPS) is 20.9. The van der Waals surface area contributed by atoms with E-state index in [0.717, 1.165) is 24.5 Å². The van der Waals surface area contributed by atoms with Gasteiger partial charge < -0.3 is 9.84 Å². The summed E-state index contributed by atoms with van der Waals surface area (Å²) >= 11 is 5.97. The van der Waals surface area contributed by atoms with Crippen molar-refractivity contribution in [1.29, 1.82) is 0 Å². The fourth-order valence-corrected chi connectivity index (χ4v) is 3.44. The molecule has 0 radical (unpaired) electrons. The summed E-state index contributed by atoms with van der Waals surface area (Å²) < 4.78 is 4.85. The molecule has 0 bridgehead atoms. The van der Waals surface area contributed by atoms with Crippen molar-refractivity contribution in [3.63, 3.8) is 0 Å². The van der Waals surface area contributed by atoms with E-state index in [1.807, 2.05) is 42.5 Å². The highest BCUT2D eigenvalue weighted by Gasteiger charge is 2.33. The Hall–Kier alpha value is -2.04. The van der Waals surface area contributed by atoms with Gasteiger partial charge in [-0.2, -0.15) is 0 Å². The van der Waals surface area contributed by atoms with Crippen molar-refractivity contribution in [3.05, 3.63) is 70.7 Å². The van der Waals surface area contributed by atoms with Crippen molar-refractivity contribution < 1.29 is 14.6 Å². The van der Waals surface area contributed by atoms with Crippen molar-refractivity contribution in [2.45, 2.75) is 24.9 Å². The Morgan fingerprint density at radius 2 is 1.88 bits per heavy atom. The largest absolute Gasteiger partial charge is 0.505 e.